The van der Waals surface area contributed by atoms with Crippen LogP contribution in [0.3, 0.4) is 0 Å². The van der Waals surface area contributed by atoms with Gasteiger partial charge < -0.3 is 10.2 Å². The second kappa shape index (κ2) is 8.32. The number of hydrogen-bond donors (Lipinski definition) is 2. The van der Waals surface area contributed by atoms with E-state index in [0.717, 1.165) is 12.1 Å². The van der Waals surface area contributed by atoms with Crippen LogP contribution < -0.4 is 10.2 Å². The van der Waals surface area contributed by atoms with Gasteiger partial charge in [-0.1, -0.05) is 35.9 Å². The van der Waals surface area contributed by atoms with Gasteiger partial charge in [-0.3, -0.25) is 4.79 Å². The van der Waals surface area contributed by atoms with Crippen LogP contribution in [-0.4, -0.2) is 19.0 Å². The van der Waals surface area contributed by atoms with E-state index in [1.807, 2.05) is 0 Å². The van der Waals surface area contributed by atoms with Crippen LogP contribution in [0.25, 0.3) is 0 Å². The predicted molar refractivity (Wildman–Crippen MR) is 97.3 cm³/mol. The normalized spacial score (nSPS) is 15.2. The molecule has 0 radical (unpaired) electrons. The van der Waals surface area contributed by atoms with Crippen LogP contribution in [0.2, 0.25) is 5.02 Å². The van der Waals surface area contributed by atoms with Crippen molar-refractivity contribution in [3.05, 3.63) is 70.2 Å². The third-order valence-electron chi connectivity index (χ3n) is 4.60. The minimum absolute atomic E-state index is 0.0755. The van der Waals surface area contributed by atoms with Gasteiger partial charge in [0.2, 0.25) is 0 Å². The number of halogens is 1. The summed E-state index contributed by atoms with van der Waals surface area (Å²) in [5.41, 5.74) is 3.12. The lowest BCUT2D eigenvalue weighted by atomic mass is 10.1. The maximum atomic E-state index is 12.1. The molecule has 0 spiro atoms. The number of likely N-dealkylation sites (tertiary alicyclic amines) is 1. The molecule has 0 unspecified atom stereocenters. The van der Waals surface area contributed by atoms with Gasteiger partial charge in [-0.15, -0.1) is 0 Å². The molecule has 2 aromatic rings. The van der Waals surface area contributed by atoms with E-state index in [0.29, 0.717) is 17.1 Å². The molecule has 2 N–H and O–H groups in total. The fourth-order valence-electron chi connectivity index (χ4n) is 3.18. The Bertz CT molecular complexity index is 661. The zero-order chi connectivity index (χ0) is 16.8. The molecule has 0 atom stereocenters. The monoisotopic (exact) mass is 343 g/mol. The topological polar surface area (TPSA) is 33.5 Å². The molecule has 126 valence electrons. The van der Waals surface area contributed by atoms with Gasteiger partial charge in [0.05, 0.1) is 13.1 Å². The Kier molecular flexibility index (Phi) is 5.89. The van der Waals surface area contributed by atoms with Crippen LogP contribution >= 0.6 is 11.6 Å². The van der Waals surface area contributed by atoms with Gasteiger partial charge in [0, 0.05) is 22.7 Å². The fourth-order valence-corrected chi connectivity index (χ4v) is 3.30. The Morgan fingerprint density at radius 3 is 2.21 bits per heavy atom. The molecule has 1 fully saturated rings. The summed E-state index contributed by atoms with van der Waals surface area (Å²) in [4.78, 5) is 13.8. The molecular formula is C20H24ClN2O+. The highest BCUT2D eigenvalue weighted by molar-refractivity contribution is 6.30. The lowest BCUT2D eigenvalue weighted by Gasteiger charge is -2.23. The van der Waals surface area contributed by atoms with Crippen molar-refractivity contribution in [2.75, 3.05) is 13.1 Å². The van der Waals surface area contributed by atoms with Crippen molar-refractivity contribution in [2.24, 2.45) is 0 Å². The number of hydrogen-bond acceptors (Lipinski definition) is 1. The summed E-state index contributed by atoms with van der Waals surface area (Å²) in [5, 5.41) is 3.59. The minimum atomic E-state index is -0.0755. The number of amides is 1. The maximum absolute atomic E-state index is 12.1. The van der Waals surface area contributed by atoms with Gasteiger partial charge in [-0.2, -0.15) is 0 Å². The zero-order valence-corrected chi connectivity index (χ0v) is 14.6. The summed E-state index contributed by atoms with van der Waals surface area (Å²) < 4.78 is 0. The van der Waals surface area contributed by atoms with Crippen molar-refractivity contribution >= 4 is 17.5 Å². The molecule has 0 bridgehead atoms. The Labute approximate surface area is 148 Å². The third-order valence-corrected chi connectivity index (χ3v) is 4.85. The summed E-state index contributed by atoms with van der Waals surface area (Å²) in [6.45, 7) is 4.23. The Balaban J connectivity index is 1.50. The molecule has 0 saturated carbocycles. The molecule has 1 saturated heterocycles. The first-order valence-corrected chi connectivity index (χ1v) is 9.04. The van der Waals surface area contributed by atoms with Crippen molar-refractivity contribution < 1.29 is 9.69 Å². The second-order valence-electron chi connectivity index (χ2n) is 6.49. The number of benzene rings is 2. The molecule has 0 aromatic heterocycles. The number of quaternary nitrogens is 1. The van der Waals surface area contributed by atoms with E-state index in [-0.39, 0.29) is 5.91 Å². The van der Waals surface area contributed by atoms with Crippen LogP contribution in [0.15, 0.2) is 48.5 Å². The average molecular weight is 344 g/mol. The minimum Gasteiger partial charge on any atom is -0.348 e. The van der Waals surface area contributed by atoms with Gasteiger partial charge >= 0.3 is 0 Å². The summed E-state index contributed by atoms with van der Waals surface area (Å²) in [5.74, 6) is -0.0755. The SMILES string of the molecule is O=C(NCc1ccc(C[NH+]2CCCCC2)cc1)c1ccc(Cl)cc1. The first-order valence-electron chi connectivity index (χ1n) is 8.66. The summed E-state index contributed by atoms with van der Waals surface area (Å²) in [6.07, 6.45) is 4.09. The number of carbonyl (C=O) groups is 1. The Morgan fingerprint density at radius 1 is 0.917 bits per heavy atom. The van der Waals surface area contributed by atoms with Crippen LogP contribution in [0.5, 0.6) is 0 Å². The van der Waals surface area contributed by atoms with E-state index in [2.05, 4.69) is 29.6 Å². The molecule has 1 aliphatic rings. The molecular weight excluding hydrogens is 320 g/mol. The Hall–Kier alpha value is -1.84. The van der Waals surface area contributed by atoms with E-state index in [1.165, 1.54) is 37.9 Å². The lowest BCUT2D eigenvalue weighted by Crippen LogP contribution is -3.11. The molecule has 1 heterocycles. The first kappa shape index (κ1) is 17.0. The van der Waals surface area contributed by atoms with Crippen LogP contribution in [0, 0.1) is 0 Å². The highest BCUT2D eigenvalue weighted by Gasteiger charge is 2.13. The zero-order valence-electron chi connectivity index (χ0n) is 13.9. The highest BCUT2D eigenvalue weighted by Crippen LogP contribution is 2.10. The van der Waals surface area contributed by atoms with Crippen molar-refractivity contribution in [2.45, 2.75) is 32.4 Å². The molecule has 0 aliphatic carbocycles. The number of nitrogens with one attached hydrogen (secondary N) is 2. The van der Waals surface area contributed by atoms with Gasteiger partial charge in [-0.25, -0.2) is 0 Å². The molecule has 2 aromatic carbocycles. The molecule has 24 heavy (non-hydrogen) atoms. The van der Waals surface area contributed by atoms with Crippen LogP contribution in [-0.2, 0) is 13.1 Å². The largest absolute Gasteiger partial charge is 0.348 e. The number of carbonyl (C=O) groups excluding carboxylic acids is 1. The van der Waals surface area contributed by atoms with E-state index >= 15 is 0 Å². The standard InChI is InChI=1S/C20H23ClN2O/c21-19-10-8-18(9-11-19)20(24)22-14-16-4-6-17(7-5-16)15-23-12-2-1-3-13-23/h4-11H,1-3,12-15H2,(H,22,24)/p+1. The quantitative estimate of drug-likeness (QED) is 0.860. The Morgan fingerprint density at radius 2 is 1.54 bits per heavy atom. The van der Waals surface area contributed by atoms with Gasteiger partial charge in [0.1, 0.15) is 6.54 Å². The van der Waals surface area contributed by atoms with E-state index in [1.54, 1.807) is 29.2 Å². The number of rotatable bonds is 5. The summed E-state index contributed by atoms with van der Waals surface area (Å²) in [6, 6.07) is 15.5. The van der Waals surface area contributed by atoms with Crippen LogP contribution in [0.4, 0.5) is 0 Å². The lowest BCUT2D eigenvalue weighted by molar-refractivity contribution is -0.918. The van der Waals surface area contributed by atoms with E-state index in [4.69, 9.17) is 11.6 Å². The number of piperidine rings is 1. The van der Waals surface area contributed by atoms with Gasteiger partial charge in [0.15, 0.2) is 0 Å². The van der Waals surface area contributed by atoms with Crippen LogP contribution in [0.1, 0.15) is 40.7 Å². The third kappa shape index (κ3) is 4.83. The molecule has 1 amide bonds. The molecule has 1 aliphatic heterocycles. The predicted octanol–water partition coefficient (Wildman–Crippen LogP) is 2.84. The van der Waals surface area contributed by atoms with Gasteiger partial charge in [0.25, 0.3) is 5.91 Å². The summed E-state index contributed by atoms with van der Waals surface area (Å²) >= 11 is 5.84. The highest BCUT2D eigenvalue weighted by atomic mass is 35.5. The molecule has 3 rings (SSSR count). The molecule has 4 heteroatoms. The van der Waals surface area contributed by atoms with Crippen molar-refractivity contribution in [1.82, 2.24) is 5.32 Å². The van der Waals surface area contributed by atoms with Gasteiger partial charge in [-0.05, 0) is 49.1 Å². The van der Waals surface area contributed by atoms with Crippen molar-refractivity contribution in [3.63, 3.8) is 0 Å². The molecule has 3 nitrogen and oxygen atoms in total. The van der Waals surface area contributed by atoms with E-state index < -0.39 is 0 Å². The van der Waals surface area contributed by atoms with E-state index in [9.17, 15) is 4.79 Å². The summed E-state index contributed by atoms with van der Waals surface area (Å²) in [7, 11) is 0. The van der Waals surface area contributed by atoms with Crippen molar-refractivity contribution in [1.29, 1.82) is 0 Å². The first-order chi connectivity index (χ1) is 11.7. The maximum Gasteiger partial charge on any atom is 0.251 e. The average Bonchev–Trinajstić information content (AvgIpc) is 2.62. The van der Waals surface area contributed by atoms with Crippen molar-refractivity contribution in [3.8, 4) is 0 Å². The second-order valence-corrected chi connectivity index (χ2v) is 6.93. The smallest absolute Gasteiger partial charge is 0.251 e. The fraction of sp³-hybridized carbons (Fsp3) is 0.350.